The van der Waals surface area contributed by atoms with E-state index in [9.17, 15) is 9.59 Å². The molecule has 1 fully saturated rings. The van der Waals surface area contributed by atoms with Gasteiger partial charge in [0.25, 0.3) is 0 Å². The van der Waals surface area contributed by atoms with Crippen LogP contribution in [0.2, 0.25) is 0 Å². The molecule has 70 valence electrons. The van der Waals surface area contributed by atoms with Gasteiger partial charge in [0.05, 0.1) is 6.61 Å². The summed E-state index contributed by atoms with van der Waals surface area (Å²) in [6.07, 6.45) is 4.89. The Bertz CT molecular complexity index is 271. The quantitative estimate of drug-likeness (QED) is 0.366. The first-order valence-corrected chi connectivity index (χ1v) is 3.27. The van der Waals surface area contributed by atoms with Crippen LogP contribution in [0.1, 0.15) is 0 Å². The van der Waals surface area contributed by atoms with Crippen molar-refractivity contribution in [2.75, 3.05) is 13.2 Å². The van der Waals surface area contributed by atoms with Gasteiger partial charge in [0.15, 0.2) is 0 Å². The molecule has 0 spiro atoms. The highest BCUT2D eigenvalue weighted by molar-refractivity contribution is 5.83. The Labute approximate surface area is 73.4 Å². The number of carboxylic acid groups (broad SMARTS) is 1. The Morgan fingerprint density at radius 1 is 1.69 bits per heavy atom. The Hall–Kier alpha value is -1.74. The molecule has 1 N–H and O–H groups in total. The summed E-state index contributed by atoms with van der Waals surface area (Å²) in [4.78, 5) is 21.0. The summed E-state index contributed by atoms with van der Waals surface area (Å²) in [5, 5.41) is 8.15. The maximum absolute atomic E-state index is 11.0. The number of hydrogen-bond acceptors (Lipinski definition) is 5. The molecule has 6 nitrogen and oxygen atoms in total. The van der Waals surface area contributed by atoms with E-state index in [0.717, 1.165) is 0 Å². The second-order valence-corrected chi connectivity index (χ2v) is 2.34. The van der Waals surface area contributed by atoms with Gasteiger partial charge in [0.2, 0.25) is 5.60 Å². The number of terminal acetylenes is 1. The molecule has 1 rings (SSSR count). The van der Waals surface area contributed by atoms with Crippen LogP contribution in [0.25, 0.3) is 0 Å². The summed E-state index contributed by atoms with van der Waals surface area (Å²) in [7, 11) is 0. The van der Waals surface area contributed by atoms with Crippen LogP contribution in [-0.4, -0.2) is 36.0 Å². The Balaban J connectivity index is 2.43. The maximum atomic E-state index is 11.0. The molecule has 1 aliphatic heterocycles. The van der Waals surface area contributed by atoms with E-state index in [4.69, 9.17) is 16.3 Å². The summed E-state index contributed by atoms with van der Waals surface area (Å²) in [5.41, 5.74) is -1.31. The van der Waals surface area contributed by atoms with E-state index in [1.54, 1.807) is 6.11 Å². The summed E-state index contributed by atoms with van der Waals surface area (Å²) in [6, 6.07) is 0. The third kappa shape index (κ3) is 2.10. The lowest BCUT2D eigenvalue weighted by atomic mass is 10.2. The first kappa shape index (κ1) is 9.35. The number of carbonyl (C=O) groups is 2. The van der Waals surface area contributed by atoms with Crippen molar-refractivity contribution in [3.05, 3.63) is 0 Å². The summed E-state index contributed by atoms with van der Waals surface area (Å²) in [5.74, 6) is -0.809. The van der Waals surface area contributed by atoms with E-state index in [0.29, 0.717) is 0 Å². The van der Waals surface area contributed by atoms with Gasteiger partial charge in [-0.1, -0.05) is 6.42 Å². The summed E-state index contributed by atoms with van der Waals surface area (Å²) < 4.78 is 13.1. The average Bonchev–Trinajstić information content (AvgIpc) is 2.82. The standard InChI is InChI=1S/C7H6O6/c1-2-11-5(8)7(4-13-7)3-12-6(9)10/h1H,3-4H2,(H,9,10). The number of hydrogen-bond donors (Lipinski definition) is 1. The third-order valence-corrected chi connectivity index (χ3v) is 1.45. The minimum Gasteiger partial charge on any atom is -0.450 e. The predicted octanol–water partition coefficient (Wildman–Crippen LogP) is -0.416. The van der Waals surface area contributed by atoms with Crippen molar-refractivity contribution >= 4 is 12.1 Å². The van der Waals surface area contributed by atoms with Crippen LogP contribution in [-0.2, 0) is 19.0 Å². The van der Waals surface area contributed by atoms with E-state index in [2.05, 4.69) is 9.47 Å². The first-order chi connectivity index (χ1) is 6.10. The van der Waals surface area contributed by atoms with Crippen LogP contribution in [0, 0.1) is 12.5 Å². The third-order valence-electron chi connectivity index (χ3n) is 1.45. The molecule has 13 heavy (non-hydrogen) atoms. The minimum absolute atomic E-state index is 0.0563. The molecule has 1 saturated heterocycles. The lowest BCUT2D eigenvalue weighted by Crippen LogP contribution is -2.32. The van der Waals surface area contributed by atoms with Crippen molar-refractivity contribution < 1.29 is 28.9 Å². The van der Waals surface area contributed by atoms with Gasteiger partial charge >= 0.3 is 12.1 Å². The molecule has 0 saturated carbocycles. The highest BCUT2D eigenvalue weighted by Crippen LogP contribution is 2.28. The van der Waals surface area contributed by atoms with Gasteiger partial charge < -0.3 is 19.3 Å². The zero-order chi connectivity index (χ0) is 9.90. The lowest BCUT2D eigenvalue weighted by molar-refractivity contribution is -0.144. The fraction of sp³-hybridized carbons (Fsp3) is 0.429. The number of carbonyl (C=O) groups excluding carboxylic acids is 1. The van der Waals surface area contributed by atoms with Crippen LogP contribution in [0.5, 0.6) is 0 Å². The molecule has 0 aliphatic carbocycles. The van der Waals surface area contributed by atoms with E-state index in [1.807, 2.05) is 0 Å². The molecule has 0 bridgehead atoms. The molecule has 0 aromatic carbocycles. The fourth-order valence-corrected chi connectivity index (χ4v) is 0.672. The molecule has 0 aromatic heterocycles. The topological polar surface area (TPSA) is 85.4 Å². The summed E-state index contributed by atoms with van der Waals surface area (Å²) >= 11 is 0. The second-order valence-electron chi connectivity index (χ2n) is 2.34. The van der Waals surface area contributed by atoms with Crippen LogP contribution >= 0.6 is 0 Å². The number of rotatable bonds is 3. The highest BCUT2D eigenvalue weighted by atomic mass is 16.7. The molecule has 1 heterocycles. The normalized spacial score (nSPS) is 24.2. The van der Waals surface area contributed by atoms with Gasteiger partial charge in [-0.3, -0.25) is 0 Å². The smallest absolute Gasteiger partial charge is 0.450 e. The highest BCUT2D eigenvalue weighted by Gasteiger charge is 2.55. The van der Waals surface area contributed by atoms with Gasteiger partial charge in [-0.25, -0.2) is 9.59 Å². The molecule has 6 heteroatoms. The fourth-order valence-electron chi connectivity index (χ4n) is 0.672. The van der Waals surface area contributed by atoms with Crippen molar-refractivity contribution in [3.8, 4) is 12.5 Å². The first-order valence-electron chi connectivity index (χ1n) is 3.27. The number of esters is 1. The molecular formula is C7H6O6. The van der Waals surface area contributed by atoms with Crippen molar-refractivity contribution in [3.63, 3.8) is 0 Å². The van der Waals surface area contributed by atoms with Crippen LogP contribution in [0.3, 0.4) is 0 Å². The zero-order valence-electron chi connectivity index (χ0n) is 6.48. The molecule has 1 aliphatic rings. The molecule has 0 radical (unpaired) electrons. The average molecular weight is 186 g/mol. The molecule has 0 aromatic rings. The predicted molar refractivity (Wildman–Crippen MR) is 37.6 cm³/mol. The monoisotopic (exact) mass is 186 g/mol. The van der Waals surface area contributed by atoms with Gasteiger partial charge in [0, 0.05) is 0 Å². The molecule has 0 amide bonds. The van der Waals surface area contributed by atoms with Crippen molar-refractivity contribution in [2.24, 2.45) is 0 Å². The Morgan fingerprint density at radius 2 is 2.31 bits per heavy atom. The van der Waals surface area contributed by atoms with Gasteiger partial charge in [-0.05, 0) is 0 Å². The van der Waals surface area contributed by atoms with Crippen molar-refractivity contribution in [1.82, 2.24) is 0 Å². The molecule has 1 atom stereocenters. The van der Waals surface area contributed by atoms with E-state index in [-0.39, 0.29) is 6.61 Å². The van der Waals surface area contributed by atoms with Gasteiger partial charge in [-0.2, -0.15) is 0 Å². The van der Waals surface area contributed by atoms with Crippen molar-refractivity contribution in [1.29, 1.82) is 0 Å². The Morgan fingerprint density at radius 3 is 2.69 bits per heavy atom. The SMILES string of the molecule is C#COC(=O)C1(COC(=O)O)CO1. The lowest BCUT2D eigenvalue weighted by Gasteiger charge is -2.06. The van der Waals surface area contributed by atoms with Gasteiger partial charge in [-0.15, -0.1) is 0 Å². The van der Waals surface area contributed by atoms with E-state index < -0.39 is 24.3 Å². The zero-order valence-corrected chi connectivity index (χ0v) is 6.48. The Kier molecular flexibility index (Phi) is 2.39. The largest absolute Gasteiger partial charge is 0.505 e. The second kappa shape index (κ2) is 3.33. The van der Waals surface area contributed by atoms with Crippen LogP contribution in [0.15, 0.2) is 0 Å². The van der Waals surface area contributed by atoms with Crippen LogP contribution < -0.4 is 0 Å². The minimum atomic E-state index is -1.48. The van der Waals surface area contributed by atoms with Crippen LogP contribution in [0.4, 0.5) is 4.79 Å². The summed E-state index contributed by atoms with van der Waals surface area (Å²) in [6.45, 7) is -0.344. The maximum Gasteiger partial charge on any atom is 0.505 e. The molecule has 1 unspecified atom stereocenters. The number of epoxide rings is 1. The van der Waals surface area contributed by atoms with Gasteiger partial charge in [0.1, 0.15) is 12.7 Å². The van der Waals surface area contributed by atoms with Crippen molar-refractivity contribution in [2.45, 2.75) is 5.60 Å². The molecular weight excluding hydrogens is 180 g/mol. The number of ether oxygens (including phenoxy) is 3. The van der Waals surface area contributed by atoms with E-state index in [1.165, 1.54) is 0 Å². The van der Waals surface area contributed by atoms with E-state index >= 15 is 0 Å².